The summed E-state index contributed by atoms with van der Waals surface area (Å²) in [5.41, 5.74) is 0. The number of hydrogen-bond donors (Lipinski definition) is 1. The lowest BCUT2D eigenvalue weighted by Crippen LogP contribution is -2.63. The van der Waals surface area contributed by atoms with Gasteiger partial charge in [-0.15, -0.1) is 11.8 Å². The Labute approximate surface area is 157 Å². The number of ether oxygens (including phenoxy) is 1. The van der Waals surface area contributed by atoms with E-state index >= 15 is 0 Å². The Bertz CT molecular complexity index is 580. The maximum absolute atomic E-state index is 12.1. The van der Waals surface area contributed by atoms with Crippen LogP contribution >= 0.6 is 11.8 Å². The van der Waals surface area contributed by atoms with Crippen LogP contribution in [0.15, 0.2) is 0 Å². The highest BCUT2D eigenvalue weighted by Gasteiger charge is 2.58. The summed E-state index contributed by atoms with van der Waals surface area (Å²) in [5, 5.41) is 20.0. The molecule has 146 valence electrons. The second kappa shape index (κ2) is 7.74. The van der Waals surface area contributed by atoms with Crippen molar-refractivity contribution in [3.05, 3.63) is 0 Å². The first-order chi connectivity index (χ1) is 12.4. The molecular formula is C17H26N2O6S. The molecular weight excluding hydrogens is 360 g/mol. The zero-order chi connectivity index (χ0) is 18.9. The Kier molecular flexibility index (Phi) is 5.78. The van der Waals surface area contributed by atoms with Gasteiger partial charge in [-0.25, -0.2) is 4.79 Å². The molecule has 3 rings (SSSR count). The Morgan fingerprint density at radius 2 is 2.04 bits per heavy atom. The van der Waals surface area contributed by atoms with Gasteiger partial charge in [0, 0.05) is 24.7 Å². The van der Waals surface area contributed by atoms with E-state index in [-0.39, 0.29) is 41.6 Å². The minimum absolute atomic E-state index is 0.101. The summed E-state index contributed by atoms with van der Waals surface area (Å²) in [6.45, 7) is 2.33. The number of likely N-dealkylation sites (N-methyl/N-ethyl adjacent to an activating group) is 1. The Morgan fingerprint density at radius 3 is 2.65 bits per heavy atom. The van der Waals surface area contributed by atoms with Gasteiger partial charge in [-0.2, -0.15) is 0 Å². The van der Waals surface area contributed by atoms with Crippen LogP contribution < -0.4 is 5.11 Å². The molecule has 0 aliphatic carbocycles. The molecule has 3 heterocycles. The minimum Gasteiger partial charge on any atom is -0.548 e. The molecule has 8 nitrogen and oxygen atoms in total. The van der Waals surface area contributed by atoms with Crippen LogP contribution in [0.1, 0.15) is 25.7 Å². The summed E-state index contributed by atoms with van der Waals surface area (Å²) in [7, 11) is 2.05. The maximum atomic E-state index is 12.1. The smallest absolute Gasteiger partial charge is 0.361 e. The van der Waals surface area contributed by atoms with Crippen molar-refractivity contribution in [3.63, 3.8) is 0 Å². The molecule has 3 saturated heterocycles. The van der Waals surface area contributed by atoms with Crippen molar-refractivity contribution in [2.45, 2.75) is 42.3 Å². The van der Waals surface area contributed by atoms with Crippen LogP contribution in [0.3, 0.4) is 0 Å². The van der Waals surface area contributed by atoms with Gasteiger partial charge in [0.25, 0.3) is 0 Å². The Balaban J connectivity index is 1.50. The standard InChI is InChI=1S/C17H26N2O6S/c1-19(6-2-3-7-19)10-13(21)25-9-5-12-14(17(23)24)18-15(22)11(4-8-20)16(18)26-12/h11-12,14,16,20H,2-10H2,1H3/t11-,12?,14?,16+/m0/s1. The number of fused-ring (bicyclic) bond motifs is 1. The molecule has 26 heavy (non-hydrogen) atoms. The summed E-state index contributed by atoms with van der Waals surface area (Å²) < 4.78 is 6.03. The molecule has 4 atom stereocenters. The zero-order valence-electron chi connectivity index (χ0n) is 15.0. The van der Waals surface area contributed by atoms with Crippen molar-refractivity contribution in [1.29, 1.82) is 0 Å². The number of rotatable bonds is 8. The number of quaternary nitrogens is 1. The van der Waals surface area contributed by atoms with Crippen LogP contribution in [0.2, 0.25) is 0 Å². The number of likely N-dealkylation sites (tertiary alicyclic amines) is 1. The fourth-order valence-electron chi connectivity index (χ4n) is 4.24. The van der Waals surface area contributed by atoms with E-state index in [1.165, 1.54) is 16.7 Å². The number of nitrogens with zero attached hydrogens (tertiary/aromatic N) is 2. The normalized spacial score (nSPS) is 32.2. The lowest BCUT2D eigenvalue weighted by molar-refractivity contribution is -0.890. The van der Waals surface area contributed by atoms with Crippen molar-refractivity contribution in [3.8, 4) is 0 Å². The van der Waals surface area contributed by atoms with Crippen LogP contribution in [0.4, 0.5) is 0 Å². The van der Waals surface area contributed by atoms with E-state index in [2.05, 4.69) is 0 Å². The van der Waals surface area contributed by atoms with Gasteiger partial charge in [0.05, 0.1) is 50.0 Å². The second-order valence-electron chi connectivity index (χ2n) is 7.63. The molecule has 0 aromatic rings. The van der Waals surface area contributed by atoms with Gasteiger partial charge < -0.3 is 29.1 Å². The van der Waals surface area contributed by atoms with Gasteiger partial charge in [-0.1, -0.05) is 0 Å². The number of aliphatic hydroxyl groups excluding tert-OH is 1. The average Bonchev–Trinajstić information content (AvgIpc) is 3.14. The van der Waals surface area contributed by atoms with Gasteiger partial charge >= 0.3 is 5.97 Å². The van der Waals surface area contributed by atoms with Crippen molar-refractivity contribution in [2.24, 2.45) is 5.92 Å². The van der Waals surface area contributed by atoms with E-state index < -0.39 is 12.0 Å². The molecule has 0 saturated carbocycles. The molecule has 3 aliphatic heterocycles. The average molecular weight is 386 g/mol. The summed E-state index contributed by atoms with van der Waals surface area (Å²) >= 11 is 1.41. The molecule has 0 bridgehead atoms. The van der Waals surface area contributed by atoms with Crippen LogP contribution in [-0.4, -0.2) is 88.9 Å². The first-order valence-corrected chi connectivity index (χ1v) is 10.1. The SMILES string of the molecule is C[N+]1(CC(=O)OCCC2S[C@@H]3[C@@H](CCO)C(=O)N3C2C(=O)[O-])CCCC1. The Hall–Kier alpha value is -1.32. The molecule has 1 N–H and O–H groups in total. The van der Waals surface area contributed by atoms with Crippen LogP contribution in [0.5, 0.6) is 0 Å². The van der Waals surface area contributed by atoms with Crippen molar-refractivity contribution >= 4 is 29.6 Å². The summed E-state index contributed by atoms with van der Waals surface area (Å²) in [4.78, 5) is 37.0. The molecule has 3 fully saturated rings. The van der Waals surface area contributed by atoms with E-state index in [0.29, 0.717) is 23.9 Å². The van der Waals surface area contributed by atoms with E-state index in [9.17, 15) is 19.5 Å². The number of esters is 1. The van der Waals surface area contributed by atoms with Gasteiger partial charge in [-0.3, -0.25) is 4.79 Å². The quantitative estimate of drug-likeness (QED) is 0.309. The van der Waals surface area contributed by atoms with Crippen molar-refractivity contribution in [1.82, 2.24) is 4.90 Å². The zero-order valence-corrected chi connectivity index (χ0v) is 15.8. The van der Waals surface area contributed by atoms with Crippen molar-refractivity contribution in [2.75, 3.05) is 39.9 Å². The van der Waals surface area contributed by atoms with E-state index in [1.807, 2.05) is 7.05 Å². The number of hydrogen-bond acceptors (Lipinski definition) is 7. The lowest BCUT2D eigenvalue weighted by atomic mass is 9.92. The fourth-order valence-corrected chi connectivity index (χ4v) is 6.03. The predicted molar refractivity (Wildman–Crippen MR) is 91.6 cm³/mol. The topological polar surface area (TPSA) is 107 Å². The lowest BCUT2D eigenvalue weighted by Gasteiger charge is -2.44. The van der Waals surface area contributed by atoms with Crippen molar-refractivity contribution < 1.29 is 33.8 Å². The molecule has 9 heteroatoms. The van der Waals surface area contributed by atoms with Crippen LogP contribution in [-0.2, 0) is 19.1 Å². The number of aliphatic carboxylic acids is 1. The summed E-state index contributed by atoms with van der Waals surface area (Å²) in [6, 6.07) is -0.991. The van der Waals surface area contributed by atoms with Crippen LogP contribution in [0, 0.1) is 5.92 Å². The van der Waals surface area contributed by atoms with E-state index in [1.54, 1.807) is 0 Å². The highest BCUT2D eigenvalue weighted by Crippen LogP contribution is 2.49. The number of aliphatic hydroxyl groups is 1. The third kappa shape index (κ3) is 3.70. The van der Waals surface area contributed by atoms with Crippen LogP contribution in [0.25, 0.3) is 0 Å². The number of β-lactam (4-membered cyclic amide) rings is 1. The molecule has 2 unspecified atom stereocenters. The number of carboxylic acids is 1. The van der Waals surface area contributed by atoms with E-state index in [0.717, 1.165) is 25.9 Å². The van der Waals surface area contributed by atoms with Gasteiger partial charge in [-0.05, 0) is 12.8 Å². The highest BCUT2D eigenvalue weighted by atomic mass is 32.2. The maximum Gasteiger partial charge on any atom is 0.361 e. The molecule has 0 aromatic heterocycles. The Morgan fingerprint density at radius 1 is 1.35 bits per heavy atom. The first kappa shape index (κ1) is 19.4. The second-order valence-corrected chi connectivity index (χ2v) is 8.99. The number of thioether (sulfide) groups is 1. The summed E-state index contributed by atoms with van der Waals surface area (Å²) in [6.07, 6.45) is 2.95. The monoisotopic (exact) mass is 386 g/mol. The molecule has 0 aromatic carbocycles. The third-order valence-corrected chi connectivity index (χ3v) is 7.34. The van der Waals surface area contributed by atoms with Gasteiger partial charge in [0.15, 0.2) is 6.54 Å². The molecule has 3 aliphatic rings. The number of carbonyl (C=O) groups excluding carboxylic acids is 3. The number of carboxylic acid groups (broad SMARTS) is 1. The minimum atomic E-state index is -1.28. The summed E-state index contributed by atoms with van der Waals surface area (Å²) in [5.74, 6) is -2.11. The largest absolute Gasteiger partial charge is 0.548 e. The number of carbonyl (C=O) groups is 3. The predicted octanol–water partition coefficient (Wildman–Crippen LogP) is -1.44. The molecule has 0 spiro atoms. The first-order valence-electron chi connectivity index (χ1n) is 9.15. The fraction of sp³-hybridized carbons (Fsp3) is 0.824. The number of amides is 1. The van der Waals surface area contributed by atoms with Gasteiger partial charge in [0.1, 0.15) is 0 Å². The van der Waals surface area contributed by atoms with Gasteiger partial charge in [0.2, 0.25) is 5.91 Å². The third-order valence-electron chi connectivity index (χ3n) is 5.66. The highest BCUT2D eigenvalue weighted by molar-refractivity contribution is 8.01. The van der Waals surface area contributed by atoms with E-state index in [4.69, 9.17) is 9.84 Å². The molecule has 1 amide bonds. The molecule has 0 radical (unpaired) electrons.